The first kappa shape index (κ1) is 16.3. The molecule has 21 heavy (non-hydrogen) atoms. The first-order valence-electron chi connectivity index (χ1n) is 7.33. The van der Waals surface area contributed by atoms with Gasteiger partial charge in [0.25, 0.3) is 0 Å². The molecule has 0 aliphatic heterocycles. The van der Waals surface area contributed by atoms with E-state index in [4.69, 9.17) is 5.11 Å². The molecule has 2 atom stereocenters. The van der Waals surface area contributed by atoms with E-state index < -0.39 is 30.2 Å². The Morgan fingerprint density at radius 1 is 1.05 bits per heavy atom. The van der Waals surface area contributed by atoms with E-state index >= 15 is 0 Å². The Kier molecular flexibility index (Phi) is 4.94. The fraction of sp³-hybridized carbons (Fsp3) is 0.625. The van der Waals surface area contributed by atoms with E-state index in [-0.39, 0.29) is 0 Å². The molecule has 2 N–H and O–H groups in total. The Balaban J connectivity index is 2.40. The highest BCUT2D eigenvalue weighted by atomic mass is 19.4. The second kappa shape index (κ2) is 6.36. The van der Waals surface area contributed by atoms with Crippen molar-refractivity contribution in [1.29, 1.82) is 0 Å². The van der Waals surface area contributed by atoms with Gasteiger partial charge in [-0.15, -0.1) is 0 Å². The van der Waals surface area contributed by atoms with Crippen LogP contribution in [-0.2, 0) is 5.41 Å². The van der Waals surface area contributed by atoms with Crippen LogP contribution in [0, 0.1) is 5.92 Å². The molecule has 1 aliphatic carbocycles. The lowest BCUT2D eigenvalue weighted by Crippen LogP contribution is -2.51. The molecule has 0 saturated heterocycles. The first-order chi connectivity index (χ1) is 9.92. The molecule has 0 spiro atoms. The van der Waals surface area contributed by atoms with E-state index in [9.17, 15) is 18.3 Å². The van der Waals surface area contributed by atoms with Crippen LogP contribution in [0.3, 0.4) is 0 Å². The van der Waals surface area contributed by atoms with Crippen LogP contribution >= 0.6 is 0 Å². The van der Waals surface area contributed by atoms with Crippen molar-refractivity contribution in [3.05, 3.63) is 35.9 Å². The van der Waals surface area contributed by atoms with Crippen molar-refractivity contribution in [1.82, 2.24) is 0 Å². The van der Waals surface area contributed by atoms with Gasteiger partial charge in [0.15, 0.2) is 0 Å². The van der Waals surface area contributed by atoms with Crippen LogP contribution in [0.5, 0.6) is 0 Å². The lowest BCUT2D eigenvalue weighted by Gasteiger charge is -2.44. The molecule has 2 rings (SSSR count). The summed E-state index contributed by atoms with van der Waals surface area (Å²) in [6.07, 6.45) is -2.63. The van der Waals surface area contributed by atoms with E-state index in [1.165, 1.54) is 0 Å². The Hall–Kier alpha value is -1.07. The van der Waals surface area contributed by atoms with Gasteiger partial charge in [0.05, 0.1) is 12.7 Å². The van der Waals surface area contributed by atoms with E-state index in [0.717, 1.165) is 24.8 Å². The zero-order chi connectivity index (χ0) is 15.5. The van der Waals surface area contributed by atoms with Gasteiger partial charge in [0.1, 0.15) is 5.92 Å². The summed E-state index contributed by atoms with van der Waals surface area (Å²) in [4.78, 5) is 0. The summed E-state index contributed by atoms with van der Waals surface area (Å²) >= 11 is 0. The molecule has 0 aromatic heterocycles. The molecule has 2 nitrogen and oxygen atoms in total. The molecule has 1 aromatic carbocycles. The highest BCUT2D eigenvalue weighted by molar-refractivity contribution is 5.28. The van der Waals surface area contributed by atoms with Gasteiger partial charge in [-0.2, -0.15) is 13.2 Å². The zero-order valence-electron chi connectivity index (χ0n) is 11.8. The Morgan fingerprint density at radius 3 is 2.10 bits per heavy atom. The summed E-state index contributed by atoms with van der Waals surface area (Å²) in [5, 5.41) is 19.6. The largest absolute Gasteiger partial charge is 0.396 e. The maximum Gasteiger partial charge on any atom is 0.396 e. The van der Waals surface area contributed by atoms with Crippen molar-refractivity contribution >= 4 is 0 Å². The third kappa shape index (κ3) is 3.24. The maximum absolute atomic E-state index is 13.1. The number of aliphatic hydroxyl groups is 2. The second-order valence-electron chi connectivity index (χ2n) is 5.86. The van der Waals surface area contributed by atoms with Crippen molar-refractivity contribution in [3.63, 3.8) is 0 Å². The molecule has 0 bridgehead atoms. The standard InChI is InChI=1S/C16H21F3O2/c17-16(18,19)13(11-20)14(21)15(9-5-2-6-10-15)12-7-3-1-4-8-12/h1,3-4,7-8,13-14,20-21H,2,5-6,9-11H2. The van der Waals surface area contributed by atoms with Crippen LogP contribution in [0.1, 0.15) is 37.7 Å². The zero-order valence-corrected chi connectivity index (χ0v) is 11.8. The van der Waals surface area contributed by atoms with E-state index in [2.05, 4.69) is 0 Å². The fourth-order valence-corrected chi connectivity index (χ4v) is 3.48. The normalized spacial score (nSPS) is 21.8. The summed E-state index contributed by atoms with van der Waals surface area (Å²) in [5.74, 6) is -2.10. The summed E-state index contributed by atoms with van der Waals surface area (Å²) in [6, 6.07) is 8.91. The van der Waals surface area contributed by atoms with Crippen LogP contribution in [0.4, 0.5) is 13.2 Å². The van der Waals surface area contributed by atoms with Crippen molar-refractivity contribution in [3.8, 4) is 0 Å². The molecule has 1 aromatic rings. The van der Waals surface area contributed by atoms with Gasteiger partial charge in [0.2, 0.25) is 0 Å². The van der Waals surface area contributed by atoms with Crippen molar-refractivity contribution in [2.24, 2.45) is 5.92 Å². The van der Waals surface area contributed by atoms with Crippen LogP contribution in [0.2, 0.25) is 0 Å². The van der Waals surface area contributed by atoms with Gasteiger partial charge in [0, 0.05) is 5.41 Å². The smallest absolute Gasteiger partial charge is 0.396 e. The van der Waals surface area contributed by atoms with E-state index in [0.29, 0.717) is 12.8 Å². The molecule has 5 heteroatoms. The third-order valence-electron chi connectivity index (χ3n) is 4.66. The Morgan fingerprint density at radius 2 is 1.62 bits per heavy atom. The molecular formula is C16H21F3O2. The van der Waals surface area contributed by atoms with Crippen LogP contribution in [0.15, 0.2) is 30.3 Å². The molecular weight excluding hydrogens is 281 g/mol. The number of rotatable bonds is 4. The number of hydrogen-bond donors (Lipinski definition) is 2. The average Bonchev–Trinajstić information content (AvgIpc) is 2.48. The lowest BCUT2D eigenvalue weighted by molar-refractivity contribution is -0.220. The minimum atomic E-state index is -4.60. The Bertz CT molecular complexity index is 439. The molecule has 0 amide bonds. The van der Waals surface area contributed by atoms with Gasteiger partial charge < -0.3 is 10.2 Å². The highest BCUT2D eigenvalue weighted by Gasteiger charge is 2.52. The molecule has 0 heterocycles. The molecule has 2 unspecified atom stereocenters. The quantitative estimate of drug-likeness (QED) is 0.894. The lowest BCUT2D eigenvalue weighted by atomic mass is 9.63. The summed E-state index contributed by atoms with van der Waals surface area (Å²) in [5.41, 5.74) is -0.178. The SMILES string of the molecule is OCC(C(O)C1(c2ccccc2)CCCCC1)C(F)(F)F. The van der Waals surface area contributed by atoms with Crippen LogP contribution in [-0.4, -0.2) is 29.1 Å². The summed E-state index contributed by atoms with van der Waals surface area (Å²) in [6.45, 7) is -1.08. The van der Waals surface area contributed by atoms with Crippen LogP contribution in [0.25, 0.3) is 0 Å². The first-order valence-corrected chi connectivity index (χ1v) is 7.33. The van der Waals surface area contributed by atoms with Crippen molar-refractivity contribution < 1.29 is 23.4 Å². The summed E-state index contributed by atoms with van der Waals surface area (Å²) < 4.78 is 39.3. The predicted octanol–water partition coefficient (Wildman–Crippen LogP) is 3.42. The van der Waals surface area contributed by atoms with Gasteiger partial charge in [-0.25, -0.2) is 0 Å². The van der Waals surface area contributed by atoms with E-state index in [1.54, 1.807) is 30.3 Å². The molecule has 1 saturated carbocycles. The minimum absolute atomic E-state index is 0.519. The highest BCUT2D eigenvalue weighted by Crippen LogP contribution is 2.47. The number of benzene rings is 1. The van der Waals surface area contributed by atoms with Crippen molar-refractivity contribution in [2.75, 3.05) is 6.61 Å². The van der Waals surface area contributed by atoms with Gasteiger partial charge >= 0.3 is 6.18 Å². The number of hydrogen-bond acceptors (Lipinski definition) is 2. The monoisotopic (exact) mass is 302 g/mol. The van der Waals surface area contributed by atoms with Crippen molar-refractivity contribution in [2.45, 2.75) is 49.8 Å². The fourth-order valence-electron chi connectivity index (χ4n) is 3.48. The minimum Gasteiger partial charge on any atom is -0.396 e. The number of alkyl halides is 3. The second-order valence-corrected chi connectivity index (χ2v) is 5.86. The molecule has 0 radical (unpaired) electrons. The predicted molar refractivity (Wildman–Crippen MR) is 73.8 cm³/mol. The topological polar surface area (TPSA) is 40.5 Å². The molecule has 118 valence electrons. The molecule has 1 aliphatic rings. The average molecular weight is 302 g/mol. The van der Waals surface area contributed by atoms with E-state index in [1.807, 2.05) is 0 Å². The summed E-state index contributed by atoms with van der Waals surface area (Å²) in [7, 11) is 0. The number of halogens is 3. The van der Waals surface area contributed by atoms with Gasteiger partial charge in [-0.1, -0.05) is 49.6 Å². The Labute approximate surface area is 122 Å². The van der Waals surface area contributed by atoms with Gasteiger partial charge in [-0.05, 0) is 18.4 Å². The van der Waals surface area contributed by atoms with Gasteiger partial charge in [-0.3, -0.25) is 0 Å². The third-order valence-corrected chi connectivity index (χ3v) is 4.66. The number of aliphatic hydroxyl groups excluding tert-OH is 2. The molecule has 1 fully saturated rings. The van der Waals surface area contributed by atoms with Crippen LogP contribution < -0.4 is 0 Å². The maximum atomic E-state index is 13.1.